The van der Waals surface area contributed by atoms with Gasteiger partial charge in [-0.05, 0) is 30.3 Å². The molecule has 0 N–H and O–H groups in total. The van der Waals surface area contributed by atoms with E-state index >= 15 is 0 Å². The van der Waals surface area contributed by atoms with Gasteiger partial charge in [-0.3, -0.25) is 14.9 Å². The smallest absolute Gasteiger partial charge is 0.338 e. The Morgan fingerprint density at radius 2 is 1.24 bits per heavy atom. The van der Waals surface area contributed by atoms with Crippen LogP contribution in [-0.4, -0.2) is 33.3 Å². The first-order chi connectivity index (χ1) is 18.0. The summed E-state index contributed by atoms with van der Waals surface area (Å²) in [5, 5.41) is 10.8. The Kier molecular flexibility index (Phi) is 6.46. The van der Waals surface area contributed by atoms with Crippen LogP contribution in [0, 0.1) is 10.1 Å². The van der Waals surface area contributed by atoms with Gasteiger partial charge in [-0.2, -0.15) is 0 Å². The summed E-state index contributed by atoms with van der Waals surface area (Å²) in [6.07, 6.45) is 0. The molecule has 1 aromatic heterocycles. The number of Topliss-reactive ketones (excluding diaryl/α,β-unsaturated/α-hetero) is 1. The molecule has 0 saturated heterocycles. The highest BCUT2D eigenvalue weighted by molar-refractivity contribution is 6.00. The first kappa shape index (κ1) is 23.5. The molecule has 5 rings (SSSR count). The van der Waals surface area contributed by atoms with E-state index in [1.807, 2.05) is 60.7 Å². The minimum absolute atomic E-state index is 0.129. The van der Waals surface area contributed by atoms with Crippen LogP contribution in [0.1, 0.15) is 20.7 Å². The number of carbonyl (C=O) groups is 2. The van der Waals surface area contributed by atoms with E-state index in [-0.39, 0.29) is 16.8 Å². The SMILES string of the molecule is O=C(COC(=O)c1ccc2nc(-c3ccccc3)c(-c3ccccc3)nc2c1)c1ccc([N+](=O)[O-])cc1. The summed E-state index contributed by atoms with van der Waals surface area (Å²) < 4.78 is 5.21. The van der Waals surface area contributed by atoms with Crippen molar-refractivity contribution in [3.05, 3.63) is 124 Å². The van der Waals surface area contributed by atoms with Gasteiger partial charge in [0.15, 0.2) is 12.4 Å². The number of rotatable bonds is 7. The Labute approximate surface area is 211 Å². The summed E-state index contributed by atoms with van der Waals surface area (Å²) in [5.74, 6) is -1.16. The molecule has 5 aromatic rings. The van der Waals surface area contributed by atoms with Crippen molar-refractivity contribution in [2.45, 2.75) is 0 Å². The maximum absolute atomic E-state index is 12.7. The third kappa shape index (κ3) is 5.08. The van der Waals surface area contributed by atoms with Gasteiger partial charge < -0.3 is 4.74 Å². The number of ketones is 1. The molecule has 0 aliphatic heterocycles. The number of esters is 1. The largest absolute Gasteiger partial charge is 0.454 e. The molecule has 180 valence electrons. The van der Waals surface area contributed by atoms with E-state index in [9.17, 15) is 19.7 Å². The Balaban J connectivity index is 1.41. The van der Waals surface area contributed by atoms with Gasteiger partial charge in [-0.25, -0.2) is 14.8 Å². The lowest BCUT2D eigenvalue weighted by atomic mass is 10.0. The molecule has 0 bridgehead atoms. The fourth-order valence-electron chi connectivity index (χ4n) is 3.84. The van der Waals surface area contributed by atoms with Gasteiger partial charge in [0.05, 0.1) is 32.9 Å². The summed E-state index contributed by atoms with van der Waals surface area (Å²) in [7, 11) is 0. The molecule has 0 amide bonds. The fourth-order valence-corrected chi connectivity index (χ4v) is 3.84. The van der Waals surface area contributed by atoms with Gasteiger partial charge in [-0.15, -0.1) is 0 Å². The Morgan fingerprint density at radius 1 is 0.703 bits per heavy atom. The Bertz CT molecular complexity index is 1620. The molecule has 0 spiro atoms. The second-order valence-corrected chi connectivity index (χ2v) is 8.16. The maximum atomic E-state index is 12.7. The van der Waals surface area contributed by atoms with Crippen LogP contribution in [0.5, 0.6) is 0 Å². The van der Waals surface area contributed by atoms with Gasteiger partial charge >= 0.3 is 5.97 Å². The zero-order valence-corrected chi connectivity index (χ0v) is 19.4. The van der Waals surface area contributed by atoms with E-state index in [2.05, 4.69) is 0 Å². The van der Waals surface area contributed by atoms with Crippen molar-refractivity contribution in [2.24, 2.45) is 0 Å². The maximum Gasteiger partial charge on any atom is 0.338 e. The minimum Gasteiger partial charge on any atom is -0.454 e. The molecule has 0 saturated carbocycles. The lowest BCUT2D eigenvalue weighted by Gasteiger charge is -2.11. The van der Waals surface area contributed by atoms with Crippen molar-refractivity contribution >= 4 is 28.5 Å². The van der Waals surface area contributed by atoms with Gasteiger partial charge in [-0.1, -0.05) is 60.7 Å². The van der Waals surface area contributed by atoms with Crippen LogP contribution < -0.4 is 0 Å². The predicted octanol–water partition coefficient (Wildman–Crippen LogP) is 5.91. The number of carbonyl (C=O) groups excluding carboxylic acids is 2. The van der Waals surface area contributed by atoms with Crippen LogP contribution in [0.25, 0.3) is 33.5 Å². The molecular weight excluding hydrogens is 470 g/mol. The molecule has 4 aromatic carbocycles. The lowest BCUT2D eigenvalue weighted by molar-refractivity contribution is -0.384. The topological polar surface area (TPSA) is 112 Å². The van der Waals surface area contributed by atoms with Crippen LogP contribution in [0.2, 0.25) is 0 Å². The second-order valence-electron chi connectivity index (χ2n) is 8.16. The first-order valence-electron chi connectivity index (χ1n) is 11.4. The Hall–Kier alpha value is -5.24. The number of nitro groups is 1. The molecular formula is C29H19N3O5. The second kappa shape index (κ2) is 10.2. The minimum atomic E-state index is -0.688. The molecule has 0 radical (unpaired) electrons. The summed E-state index contributed by atoms with van der Waals surface area (Å²) in [4.78, 5) is 45.0. The molecule has 0 fully saturated rings. The highest BCUT2D eigenvalue weighted by Crippen LogP contribution is 2.31. The van der Waals surface area contributed by atoms with E-state index in [1.54, 1.807) is 18.2 Å². The number of aromatic nitrogens is 2. The van der Waals surface area contributed by atoms with Crippen LogP contribution in [0.4, 0.5) is 5.69 Å². The number of fused-ring (bicyclic) bond motifs is 1. The van der Waals surface area contributed by atoms with Crippen LogP contribution in [0.3, 0.4) is 0 Å². The normalized spacial score (nSPS) is 10.7. The monoisotopic (exact) mass is 489 g/mol. The number of ether oxygens (including phenoxy) is 1. The molecule has 0 atom stereocenters. The van der Waals surface area contributed by atoms with Gasteiger partial charge in [0.2, 0.25) is 0 Å². The highest BCUT2D eigenvalue weighted by atomic mass is 16.6. The average molecular weight is 489 g/mol. The molecule has 1 heterocycles. The van der Waals surface area contributed by atoms with Crippen molar-refractivity contribution in [3.8, 4) is 22.5 Å². The summed E-state index contributed by atoms with van der Waals surface area (Å²) in [6.45, 7) is -0.497. The van der Waals surface area contributed by atoms with Crippen molar-refractivity contribution in [3.63, 3.8) is 0 Å². The molecule has 8 nitrogen and oxygen atoms in total. The first-order valence-corrected chi connectivity index (χ1v) is 11.4. The molecule has 37 heavy (non-hydrogen) atoms. The third-order valence-electron chi connectivity index (χ3n) is 5.73. The molecule has 0 unspecified atom stereocenters. The quantitative estimate of drug-likeness (QED) is 0.121. The number of non-ortho nitro benzene ring substituents is 1. The summed E-state index contributed by atoms with van der Waals surface area (Å²) in [6, 6.07) is 29.4. The van der Waals surface area contributed by atoms with Crippen molar-refractivity contribution in [1.82, 2.24) is 9.97 Å². The van der Waals surface area contributed by atoms with Gasteiger partial charge in [0.1, 0.15) is 0 Å². The Morgan fingerprint density at radius 3 is 1.81 bits per heavy atom. The van der Waals surface area contributed by atoms with Crippen LogP contribution in [0.15, 0.2) is 103 Å². The molecule has 0 aliphatic carbocycles. The number of nitro benzene ring substituents is 1. The van der Waals surface area contributed by atoms with Crippen LogP contribution >= 0.6 is 0 Å². The van der Waals surface area contributed by atoms with Crippen LogP contribution in [-0.2, 0) is 4.74 Å². The van der Waals surface area contributed by atoms with Gasteiger partial charge in [0, 0.05) is 28.8 Å². The molecule has 0 aliphatic rings. The molecule has 8 heteroatoms. The van der Waals surface area contributed by atoms with Crippen molar-refractivity contribution in [1.29, 1.82) is 0 Å². The van der Waals surface area contributed by atoms with E-state index < -0.39 is 23.3 Å². The number of hydrogen-bond acceptors (Lipinski definition) is 7. The van der Waals surface area contributed by atoms with Crippen molar-refractivity contribution in [2.75, 3.05) is 6.61 Å². The highest BCUT2D eigenvalue weighted by Gasteiger charge is 2.17. The van der Waals surface area contributed by atoms with Crippen molar-refractivity contribution < 1.29 is 19.2 Å². The number of nitrogens with zero attached hydrogens (tertiary/aromatic N) is 3. The lowest BCUT2D eigenvalue weighted by Crippen LogP contribution is -2.14. The van der Waals surface area contributed by atoms with E-state index in [0.29, 0.717) is 16.7 Å². The van der Waals surface area contributed by atoms with E-state index in [1.165, 1.54) is 24.3 Å². The zero-order valence-electron chi connectivity index (χ0n) is 19.4. The van der Waals surface area contributed by atoms with E-state index in [4.69, 9.17) is 14.7 Å². The predicted molar refractivity (Wildman–Crippen MR) is 138 cm³/mol. The summed E-state index contributed by atoms with van der Waals surface area (Å²) in [5.41, 5.74) is 4.64. The standard InChI is InChI=1S/C29H19N3O5/c33-26(19-11-14-23(15-12-19)32(35)36)18-37-29(34)22-13-16-24-25(17-22)31-28(21-9-5-2-6-10-21)27(30-24)20-7-3-1-4-8-20/h1-17H,18H2. The van der Waals surface area contributed by atoms with E-state index in [0.717, 1.165) is 16.8 Å². The summed E-state index contributed by atoms with van der Waals surface area (Å²) >= 11 is 0. The number of benzene rings is 4. The average Bonchev–Trinajstić information content (AvgIpc) is 2.95. The third-order valence-corrected chi connectivity index (χ3v) is 5.73. The number of hydrogen-bond donors (Lipinski definition) is 0. The zero-order chi connectivity index (χ0) is 25.8. The fraction of sp³-hybridized carbons (Fsp3) is 0.0345. The van der Waals surface area contributed by atoms with Gasteiger partial charge in [0.25, 0.3) is 5.69 Å².